The second kappa shape index (κ2) is 9.18. The van der Waals surface area contributed by atoms with Crippen LogP contribution < -0.4 is 4.74 Å². The van der Waals surface area contributed by atoms with Crippen LogP contribution in [-0.2, 0) is 6.54 Å². The van der Waals surface area contributed by atoms with Gasteiger partial charge < -0.3 is 4.74 Å². The zero-order valence-electron chi connectivity index (χ0n) is 16.3. The van der Waals surface area contributed by atoms with Crippen molar-refractivity contribution in [2.75, 3.05) is 19.7 Å². The summed E-state index contributed by atoms with van der Waals surface area (Å²) in [5.41, 5.74) is 1.83. The topological polar surface area (TPSA) is 30.3 Å². The molecule has 1 aliphatic rings. The van der Waals surface area contributed by atoms with Gasteiger partial charge in [-0.15, -0.1) is 0 Å². The number of nitrogens with zero attached hydrogens (tertiary/aromatic N) is 3. The average molecular weight is 397 g/mol. The Balaban J connectivity index is 1.35. The highest BCUT2D eigenvalue weighted by atomic mass is 19.3. The maximum Gasteiger partial charge on any atom is 0.301 e. The molecule has 1 aliphatic heterocycles. The number of ether oxygens (including phenoxy) is 1. The molecule has 2 heterocycles. The van der Waals surface area contributed by atoms with Gasteiger partial charge in [0.15, 0.2) is 0 Å². The van der Waals surface area contributed by atoms with Crippen molar-refractivity contribution in [2.45, 2.75) is 25.8 Å². The molecule has 0 aliphatic carbocycles. The summed E-state index contributed by atoms with van der Waals surface area (Å²) in [5, 5.41) is 0. The highest BCUT2D eigenvalue weighted by molar-refractivity contribution is 5.35. The molecule has 6 heteroatoms. The summed E-state index contributed by atoms with van der Waals surface area (Å²) in [6.45, 7) is 3.48. The molecule has 1 saturated heterocycles. The molecule has 0 bridgehead atoms. The van der Waals surface area contributed by atoms with E-state index in [1.54, 1.807) is 4.57 Å². The fourth-order valence-electron chi connectivity index (χ4n) is 3.71. The van der Waals surface area contributed by atoms with Gasteiger partial charge in [0.25, 0.3) is 6.43 Å². The normalized spacial score (nSPS) is 15.7. The molecule has 3 aromatic rings. The van der Waals surface area contributed by atoms with Crippen molar-refractivity contribution in [1.29, 1.82) is 0 Å². The molecule has 0 N–H and O–H groups in total. The molecule has 1 fully saturated rings. The van der Waals surface area contributed by atoms with Crippen LogP contribution in [0.3, 0.4) is 0 Å². The van der Waals surface area contributed by atoms with Gasteiger partial charge in [0, 0.05) is 12.7 Å². The number of likely N-dealkylation sites (tertiary alicyclic amines) is 1. The molecule has 29 heavy (non-hydrogen) atoms. The molecule has 4 rings (SSSR count). The Bertz CT molecular complexity index is 891. The molecule has 152 valence electrons. The van der Waals surface area contributed by atoms with Crippen molar-refractivity contribution in [3.8, 4) is 11.7 Å². The maximum atomic E-state index is 13.2. The molecule has 4 nitrogen and oxygen atoms in total. The number of benzene rings is 2. The molecule has 0 spiro atoms. The Morgan fingerprint density at radius 3 is 2.28 bits per heavy atom. The third-order valence-corrected chi connectivity index (χ3v) is 5.35. The van der Waals surface area contributed by atoms with Gasteiger partial charge in [-0.2, -0.15) is 4.98 Å². The summed E-state index contributed by atoms with van der Waals surface area (Å²) in [7, 11) is 0. The van der Waals surface area contributed by atoms with Crippen molar-refractivity contribution < 1.29 is 13.5 Å². The highest BCUT2D eigenvalue weighted by Gasteiger charge is 2.22. The lowest BCUT2D eigenvalue weighted by atomic mass is 9.97. The Labute approximate surface area is 169 Å². The van der Waals surface area contributed by atoms with Crippen LogP contribution >= 0.6 is 0 Å². The van der Waals surface area contributed by atoms with E-state index in [1.807, 2.05) is 36.4 Å². The number of halogens is 2. The van der Waals surface area contributed by atoms with E-state index in [2.05, 4.69) is 34.1 Å². The van der Waals surface area contributed by atoms with Crippen LogP contribution in [0, 0.1) is 5.92 Å². The number of aromatic nitrogens is 2. The SMILES string of the molecule is FC(F)c1cn(-c2ccccc2)c(OCC2CCN(Cc3ccccc3)CC2)n1. The molecule has 0 amide bonds. The van der Waals surface area contributed by atoms with E-state index < -0.39 is 6.43 Å². The zero-order chi connectivity index (χ0) is 20.1. The van der Waals surface area contributed by atoms with Gasteiger partial charge in [-0.05, 0) is 49.5 Å². The second-order valence-corrected chi connectivity index (χ2v) is 7.47. The molecular weight excluding hydrogens is 372 g/mol. The van der Waals surface area contributed by atoms with Crippen molar-refractivity contribution in [2.24, 2.45) is 5.92 Å². The number of alkyl halides is 2. The van der Waals surface area contributed by atoms with Gasteiger partial charge in [0.2, 0.25) is 0 Å². The van der Waals surface area contributed by atoms with E-state index in [-0.39, 0.29) is 11.7 Å². The van der Waals surface area contributed by atoms with E-state index in [1.165, 1.54) is 11.8 Å². The first-order valence-electron chi connectivity index (χ1n) is 10.0. The summed E-state index contributed by atoms with van der Waals surface area (Å²) < 4.78 is 33.8. The highest BCUT2D eigenvalue weighted by Crippen LogP contribution is 2.26. The molecule has 1 aromatic heterocycles. The zero-order valence-corrected chi connectivity index (χ0v) is 16.3. The van der Waals surface area contributed by atoms with Gasteiger partial charge in [-0.3, -0.25) is 9.47 Å². The van der Waals surface area contributed by atoms with Crippen LogP contribution in [0.1, 0.15) is 30.5 Å². The smallest absolute Gasteiger partial charge is 0.301 e. The summed E-state index contributed by atoms with van der Waals surface area (Å²) in [5.74, 6) is 0.401. The number of hydrogen-bond acceptors (Lipinski definition) is 3. The van der Waals surface area contributed by atoms with E-state index in [9.17, 15) is 8.78 Å². The molecule has 0 saturated carbocycles. The van der Waals surface area contributed by atoms with Crippen molar-refractivity contribution >= 4 is 0 Å². The largest absolute Gasteiger partial charge is 0.464 e. The third kappa shape index (κ3) is 5.01. The van der Waals surface area contributed by atoms with Gasteiger partial charge >= 0.3 is 6.01 Å². The first-order valence-corrected chi connectivity index (χ1v) is 10.0. The van der Waals surface area contributed by atoms with Crippen LogP contribution in [0.5, 0.6) is 6.01 Å². The van der Waals surface area contributed by atoms with Gasteiger partial charge in [-0.1, -0.05) is 48.5 Å². The Morgan fingerprint density at radius 1 is 0.966 bits per heavy atom. The fourth-order valence-corrected chi connectivity index (χ4v) is 3.71. The predicted octanol–water partition coefficient (Wildman–Crippen LogP) is 5.10. The minimum absolute atomic E-state index is 0.234. The van der Waals surface area contributed by atoms with Crippen LogP contribution in [0.15, 0.2) is 66.9 Å². The number of imidazole rings is 1. The Kier molecular flexibility index (Phi) is 6.20. The van der Waals surface area contributed by atoms with Crippen LogP contribution in [0.4, 0.5) is 8.78 Å². The summed E-state index contributed by atoms with van der Waals surface area (Å²) >= 11 is 0. The van der Waals surface area contributed by atoms with Crippen molar-refractivity contribution in [3.05, 3.63) is 78.1 Å². The molecule has 0 radical (unpaired) electrons. The van der Waals surface area contributed by atoms with Crippen molar-refractivity contribution in [1.82, 2.24) is 14.5 Å². The van der Waals surface area contributed by atoms with Gasteiger partial charge in [-0.25, -0.2) is 8.78 Å². The van der Waals surface area contributed by atoms with Crippen LogP contribution in [0.25, 0.3) is 5.69 Å². The lowest BCUT2D eigenvalue weighted by Crippen LogP contribution is -2.35. The quantitative estimate of drug-likeness (QED) is 0.556. The number of para-hydroxylation sites is 1. The third-order valence-electron chi connectivity index (χ3n) is 5.35. The number of hydrogen-bond donors (Lipinski definition) is 0. The van der Waals surface area contributed by atoms with Crippen LogP contribution in [0.2, 0.25) is 0 Å². The Morgan fingerprint density at radius 2 is 1.62 bits per heavy atom. The monoisotopic (exact) mass is 397 g/mol. The minimum atomic E-state index is -2.62. The van der Waals surface area contributed by atoms with E-state index in [0.29, 0.717) is 12.5 Å². The summed E-state index contributed by atoms with van der Waals surface area (Å²) in [4.78, 5) is 6.47. The van der Waals surface area contributed by atoms with Crippen LogP contribution in [-0.4, -0.2) is 34.1 Å². The molecule has 0 unspecified atom stereocenters. The average Bonchev–Trinajstić information content (AvgIpc) is 3.19. The summed E-state index contributed by atoms with van der Waals surface area (Å²) in [6, 6.07) is 20.0. The van der Waals surface area contributed by atoms with Gasteiger partial charge in [0.05, 0.1) is 12.3 Å². The minimum Gasteiger partial charge on any atom is -0.464 e. The van der Waals surface area contributed by atoms with E-state index in [4.69, 9.17) is 4.74 Å². The molecular formula is C23H25F2N3O. The predicted molar refractivity (Wildman–Crippen MR) is 108 cm³/mol. The lowest BCUT2D eigenvalue weighted by molar-refractivity contribution is 0.129. The number of piperidine rings is 1. The van der Waals surface area contributed by atoms with Crippen molar-refractivity contribution in [3.63, 3.8) is 0 Å². The van der Waals surface area contributed by atoms with E-state index in [0.717, 1.165) is 38.2 Å². The second-order valence-electron chi connectivity index (χ2n) is 7.47. The van der Waals surface area contributed by atoms with E-state index >= 15 is 0 Å². The van der Waals surface area contributed by atoms with Gasteiger partial charge in [0.1, 0.15) is 5.69 Å². The number of rotatable bonds is 7. The molecule has 0 atom stereocenters. The molecule has 2 aromatic carbocycles. The fraction of sp³-hybridized carbons (Fsp3) is 0.348. The lowest BCUT2D eigenvalue weighted by Gasteiger charge is -2.31. The first-order chi connectivity index (χ1) is 14.2. The Hall–Kier alpha value is -2.73. The maximum absolute atomic E-state index is 13.2. The summed E-state index contributed by atoms with van der Waals surface area (Å²) in [6.07, 6.45) is 0.794. The standard InChI is InChI=1S/C23H25F2N3O/c24-22(25)21-16-28(20-9-5-2-6-10-20)23(26-21)29-17-19-11-13-27(14-12-19)15-18-7-3-1-4-8-18/h1-10,16,19,22H,11-15,17H2. The first kappa shape index (κ1) is 19.6.